The highest BCUT2D eigenvalue weighted by atomic mass is 16.3. The van der Waals surface area contributed by atoms with E-state index in [1.165, 1.54) is 5.56 Å². The second-order valence-electron chi connectivity index (χ2n) is 3.44. The molecule has 0 spiro atoms. The Balaban J connectivity index is 2.19. The Morgan fingerprint density at radius 3 is 2.60 bits per heavy atom. The molecule has 1 aromatic heterocycles. The van der Waals surface area contributed by atoms with Crippen molar-refractivity contribution in [2.75, 3.05) is 0 Å². The summed E-state index contributed by atoms with van der Waals surface area (Å²) in [6.45, 7) is 0. The summed E-state index contributed by atoms with van der Waals surface area (Å²) in [7, 11) is 0. The first-order chi connectivity index (χ1) is 7.43. The topological polar surface area (TPSA) is 13.1 Å². The number of hydrogen-bond donors (Lipinski definition) is 0. The van der Waals surface area contributed by atoms with Crippen LogP contribution in [-0.4, -0.2) is 0 Å². The summed E-state index contributed by atoms with van der Waals surface area (Å²) >= 11 is 0. The van der Waals surface area contributed by atoms with Gasteiger partial charge in [0.25, 0.3) is 0 Å². The normalized spacial score (nSPS) is 10.7. The molecule has 15 heavy (non-hydrogen) atoms. The van der Waals surface area contributed by atoms with E-state index in [0.717, 1.165) is 16.5 Å². The lowest BCUT2D eigenvalue weighted by Crippen LogP contribution is -1.76. The van der Waals surface area contributed by atoms with Gasteiger partial charge in [-0.2, -0.15) is 0 Å². The van der Waals surface area contributed by atoms with Crippen molar-refractivity contribution in [3.05, 3.63) is 60.9 Å². The molecule has 2 aromatic carbocycles. The van der Waals surface area contributed by atoms with E-state index in [-0.39, 0.29) is 0 Å². The standard InChI is InChI=1S/C14H9O/c1-2-4-11(5-3-1)12-6-7-14-13(10-12)8-9-15-14/h1-9H. The Morgan fingerprint density at radius 1 is 0.867 bits per heavy atom. The lowest BCUT2D eigenvalue weighted by Gasteiger charge is -1.99. The fraction of sp³-hybridized carbons (Fsp3) is 0. The summed E-state index contributed by atoms with van der Waals surface area (Å²) in [5, 5.41) is 1.02. The first-order valence-electron chi connectivity index (χ1n) is 4.88. The summed E-state index contributed by atoms with van der Waals surface area (Å²) in [5.74, 6) is 0. The van der Waals surface area contributed by atoms with Gasteiger partial charge in [-0.3, -0.25) is 0 Å². The fourth-order valence-electron chi connectivity index (χ4n) is 1.69. The SMILES string of the molecule is [c]1c(-c2ccccc2)ccc2occc12. The maximum absolute atomic E-state index is 5.28. The third kappa shape index (κ3) is 1.42. The molecule has 0 saturated heterocycles. The molecule has 0 amide bonds. The molecule has 3 rings (SSSR count). The van der Waals surface area contributed by atoms with E-state index in [0.29, 0.717) is 0 Å². The number of benzene rings is 2. The summed E-state index contributed by atoms with van der Waals surface area (Å²) in [6, 6.07) is 19.5. The molecule has 71 valence electrons. The van der Waals surface area contributed by atoms with Crippen molar-refractivity contribution in [1.82, 2.24) is 0 Å². The summed E-state index contributed by atoms with van der Waals surface area (Å²) in [4.78, 5) is 0. The zero-order valence-electron chi connectivity index (χ0n) is 8.10. The Kier molecular flexibility index (Phi) is 1.82. The van der Waals surface area contributed by atoms with Crippen LogP contribution in [0.3, 0.4) is 0 Å². The fourth-order valence-corrected chi connectivity index (χ4v) is 1.69. The lowest BCUT2D eigenvalue weighted by molar-refractivity contribution is 0.616. The van der Waals surface area contributed by atoms with Crippen molar-refractivity contribution in [3.8, 4) is 11.1 Å². The molecule has 1 radical (unpaired) electrons. The Bertz CT molecular complexity index is 578. The van der Waals surface area contributed by atoms with Crippen molar-refractivity contribution in [2.24, 2.45) is 0 Å². The van der Waals surface area contributed by atoms with Gasteiger partial charge < -0.3 is 4.42 Å². The largest absolute Gasteiger partial charge is 0.464 e. The molecule has 0 bridgehead atoms. The summed E-state index contributed by atoms with van der Waals surface area (Å²) < 4.78 is 5.28. The number of fused-ring (bicyclic) bond motifs is 1. The molecule has 0 aliphatic carbocycles. The van der Waals surface area contributed by atoms with Gasteiger partial charge in [-0.25, -0.2) is 0 Å². The van der Waals surface area contributed by atoms with Crippen molar-refractivity contribution < 1.29 is 4.42 Å². The van der Waals surface area contributed by atoms with Gasteiger partial charge in [0.05, 0.1) is 6.26 Å². The van der Waals surface area contributed by atoms with Crippen molar-refractivity contribution in [2.45, 2.75) is 0 Å². The molecule has 0 N–H and O–H groups in total. The highest BCUT2D eigenvalue weighted by Crippen LogP contribution is 2.23. The van der Waals surface area contributed by atoms with E-state index in [1.54, 1.807) is 6.26 Å². The third-order valence-corrected chi connectivity index (χ3v) is 2.45. The molecule has 1 nitrogen and oxygen atoms in total. The first-order valence-corrected chi connectivity index (χ1v) is 4.88. The van der Waals surface area contributed by atoms with E-state index < -0.39 is 0 Å². The van der Waals surface area contributed by atoms with Gasteiger partial charge in [-0.1, -0.05) is 36.4 Å². The van der Waals surface area contributed by atoms with Crippen molar-refractivity contribution in [3.63, 3.8) is 0 Å². The van der Waals surface area contributed by atoms with E-state index in [4.69, 9.17) is 4.42 Å². The lowest BCUT2D eigenvalue weighted by atomic mass is 10.0. The smallest absolute Gasteiger partial charge is 0.134 e. The van der Waals surface area contributed by atoms with Crippen LogP contribution < -0.4 is 0 Å². The molecule has 0 saturated carbocycles. The highest BCUT2D eigenvalue weighted by Gasteiger charge is 2.00. The minimum atomic E-state index is 0.884. The number of rotatable bonds is 1. The average molecular weight is 193 g/mol. The highest BCUT2D eigenvalue weighted by molar-refractivity contribution is 5.82. The molecule has 3 aromatic rings. The monoisotopic (exact) mass is 193 g/mol. The quantitative estimate of drug-likeness (QED) is 0.571. The van der Waals surface area contributed by atoms with Crippen LogP contribution in [0.5, 0.6) is 0 Å². The minimum absolute atomic E-state index is 0.884. The first kappa shape index (κ1) is 8.30. The molecule has 1 heteroatoms. The molecule has 0 aliphatic heterocycles. The van der Waals surface area contributed by atoms with Crippen LogP contribution in [0.15, 0.2) is 59.2 Å². The predicted octanol–water partition coefficient (Wildman–Crippen LogP) is 3.90. The van der Waals surface area contributed by atoms with E-state index in [9.17, 15) is 0 Å². The van der Waals surface area contributed by atoms with Crippen LogP contribution in [0.1, 0.15) is 0 Å². The summed E-state index contributed by atoms with van der Waals surface area (Å²) in [5.41, 5.74) is 3.17. The Labute approximate surface area is 88.0 Å². The molecule has 0 unspecified atom stereocenters. The van der Waals surface area contributed by atoms with E-state index in [2.05, 4.69) is 18.2 Å². The molecule has 0 fully saturated rings. The van der Waals surface area contributed by atoms with Crippen LogP contribution in [0.2, 0.25) is 0 Å². The summed E-state index contributed by atoms with van der Waals surface area (Å²) in [6.07, 6.45) is 1.69. The van der Waals surface area contributed by atoms with E-state index >= 15 is 0 Å². The number of hydrogen-bond acceptors (Lipinski definition) is 1. The second-order valence-corrected chi connectivity index (χ2v) is 3.44. The van der Waals surface area contributed by atoms with Gasteiger partial charge in [0.15, 0.2) is 0 Å². The Morgan fingerprint density at radius 2 is 1.73 bits per heavy atom. The van der Waals surface area contributed by atoms with Crippen LogP contribution >= 0.6 is 0 Å². The maximum atomic E-state index is 5.28. The Hall–Kier alpha value is -2.02. The maximum Gasteiger partial charge on any atom is 0.134 e. The molecule has 0 atom stereocenters. The van der Waals surface area contributed by atoms with Gasteiger partial charge in [-0.05, 0) is 23.3 Å². The van der Waals surface area contributed by atoms with E-state index in [1.807, 2.05) is 36.4 Å². The molecular formula is C14H9O. The van der Waals surface area contributed by atoms with Gasteiger partial charge in [0.1, 0.15) is 5.58 Å². The van der Waals surface area contributed by atoms with Crippen LogP contribution in [0.4, 0.5) is 0 Å². The van der Waals surface area contributed by atoms with Crippen LogP contribution in [-0.2, 0) is 0 Å². The van der Waals surface area contributed by atoms with Gasteiger partial charge in [-0.15, -0.1) is 0 Å². The van der Waals surface area contributed by atoms with Gasteiger partial charge in [0, 0.05) is 11.5 Å². The van der Waals surface area contributed by atoms with Gasteiger partial charge >= 0.3 is 0 Å². The minimum Gasteiger partial charge on any atom is -0.464 e. The number of furan rings is 1. The average Bonchev–Trinajstić information content (AvgIpc) is 2.77. The predicted molar refractivity (Wildman–Crippen MR) is 60.5 cm³/mol. The zero-order valence-corrected chi connectivity index (χ0v) is 8.10. The zero-order chi connectivity index (χ0) is 10.1. The third-order valence-electron chi connectivity index (χ3n) is 2.45. The van der Waals surface area contributed by atoms with Crippen molar-refractivity contribution in [1.29, 1.82) is 0 Å². The van der Waals surface area contributed by atoms with Crippen molar-refractivity contribution >= 4 is 11.0 Å². The van der Waals surface area contributed by atoms with Gasteiger partial charge in [0.2, 0.25) is 0 Å². The molecular weight excluding hydrogens is 184 g/mol. The molecule has 1 heterocycles. The second kappa shape index (κ2) is 3.28. The molecule has 0 aliphatic rings. The van der Waals surface area contributed by atoms with Crippen LogP contribution in [0, 0.1) is 6.07 Å². The van der Waals surface area contributed by atoms with Crippen LogP contribution in [0.25, 0.3) is 22.1 Å².